The predicted octanol–water partition coefficient (Wildman–Crippen LogP) is 2.33. The van der Waals surface area contributed by atoms with E-state index in [1.54, 1.807) is 6.07 Å². The van der Waals surface area contributed by atoms with Crippen LogP contribution in [0.1, 0.15) is 17.2 Å². The van der Waals surface area contributed by atoms with E-state index in [9.17, 15) is 5.26 Å². The molecule has 0 fully saturated rings. The fraction of sp³-hybridized carbons (Fsp3) is 0.0667. The Bertz CT molecular complexity index is 746. The summed E-state index contributed by atoms with van der Waals surface area (Å²) in [5, 5.41) is 27.1. The first kappa shape index (κ1) is 13.1. The highest BCUT2D eigenvalue weighted by Crippen LogP contribution is 2.29. The Labute approximate surface area is 116 Å². The van der Waals surface area contributed by atoms with Gasteiger partial charge in [-0.2, -0.15) is 15.8 Å². The number of nitrogen functional groups attached to an aromatic ring is 1. The summed E-state index contributed by atoms with van der Waals surface area (Å²) in [5.41, 5.74) is 7.63. The summed E-state index contributed by atoms with van der Waals surface area (Å²) in [5.74, 6) is -0.980. The molecule has 5 heteroatoms. The Morgan fingerprint density at radius 1 is 1.05 bits per heavy atom. The van der Waals surface area contributed by atoms with Gasteiger partial charge in [0.05, 0.1) is 17.8 Å². The summed E-state index contributed by atoms with van der Waals surface area (Å²) in [6.45, 7) is 0. The quantitative estimate of drug-likeness (QED) is 0.889. The molecule has 1 aromatic carbocycles. The fourth-order valence-corrected chi connectivity index (χ4v) is 1.86. The van der Waals surface area contributed by atoms with Crippen LogP contribution in [0.3, 0.4) is 0 Å². The van der Waals surface area contributed by atoms with Gasteiger partial charge >= 0.3 is 0 Å². The summed E-state index contributed by atoms with van der Waals surface area (Å²) >= 11 is 0. The number of nitrogens with two attached hydrogens (primary N) is 1. The van der Waals surface area contributed by atoms with Crippen molar-refractivity contribution in [1.29, 1.82) is 15.8 Å². The zero-order chi connectivity index (χ0) is 14.5. The molecular weight excluding hydrogens is 250 g/mol. The van der Waals surface area contributed by atoms with Gasteiger partial charge < -0.3 is 5.73 Å². The van der Waals surface area contributed by atoms with E-state index in [1.165, 1.54) is 0 Å². The van der Waals surface area contributed by atoms with Crippen molar-refractivity contribution in [2.45, 2.75) is 5.92 Å². The summed E-state index contributed by atoms with van der Waals surface area (Å²) in [4.78, 5) is 3.98. The molecule has 0 aliphatic heterocycles. The lowest BCUT2D eigenvalue weighted by Gasteiger charge is -2.09. The van der Waals surface area contributed by atoms with Gasteiger partial charge in [-0.25, -0.2) is 4.98 Å². The van der Waals surface area contributed by atoms with Gasteiger partial charge in [0.2, 0.25) is 0 Å². The van der Waals surface area contributed by atoms with Crippen LogP contribution in [0.5, 0.6) is 0 Å². The summed E-state index contributed by atoms with van der Waals surface area (Å²) in [6, 6.07) is 16.5. The van der Waals surface area contributed by atoms with E-state index in [0.29, 0.717) is 5.56 Å². The first-order valence-corrected chi connectivity index (χ1v) is 5.76. The Kier molecular flexibility index (Phi) is 3.61. The highest BCUT2D eigenvalue weighted by Gasteiger charge is 2.17. The topological polar surface area (TPSA) is 110 Å². The molecule has 0 aliphatic carbocycles. The molecule has 0 bridgehead atoms. The van der Waals surface area contributed by atoms with E-state index >= 15 is 0 Å². The average Bonchev–Trinajstić information content (AvgIpc) is 2.49. The standard InChI is InChI=1S/C15H9N5/c16-7-11(8-17)14-6-12(10-4-2-1-3-5-10)13(9-18)15(19)20-14/h1-6,11H,(H2,19,20). The highest BCUT2D eigenvalue weighted by molar-refractivity contribution is 5.76. The van der Waals surface area contributed by atoms with Crippen LogP contribution in [-0.4, -0.2) is 4.98 Å². The monoisotopic (exact) mass is 259 g/mol. The molecule has 0 spiro atoms. The van der Waals surface area contributed by atoms with E-state index < -0.39 is 5.92 Å². The molecule has 2 N–H and O–H groups in total. The van der Waals surface area contributed by atoms with E-state index in [1.807, 2.05) is 48.5 Å². The highest BCUT2D eigenvalue weighted by atomic mass is 14.9. The van der Waals surface area contributed by atoms with Crippen molar-refractivity contribution in [1.82, 2.24) is 4.98 Å². The van der Waals surface area contributed by atoms with Crippen LogP contribution in [0.25, 0.3) is 11.1 Å². The molecule has 2 aromatic rings. The third-order valence-corrected chi connectivity index (χ3v) is 2.82. The van der Waals surface area contributed by atoms with Crippen molar-refractivity contribution in [2.75, 3.05) is 5.73 Å². The van der Waals surface area contributed by atoms with Gasteiger partial charge in [-0.3, -0.25) is 0 Å². The molecule has 1 aromatic heterocycles. The van der Waals surface area contributed by atoms with E-state index in [0.717, 1.165) is 5.56 Å². The molecular formula is C15H9N5. The van der Waals surface area contributed by atoms with Crippen LogP contribution >= 0.6 is 0 Å². The molecule has 0 radical (unpaired) electrons. The lowest BCUT2D eigenvalue weighted by Crippen LogP contribution is -2.04. The molecule has 0 amide bonds. The summed E-state index contributed by atoms with van der Waals surface area (Å²) in [6.07, 6.45) is 0. The third-order valence-electron chi connectivity index (χ3n) is 2.82. The van der Waals surface area contributed by atoms with Gasteiger partial charge in [-0.05, 0) is 11.6 Å². The summed E-state index contributed by atoms with van der Waals surface area (Å²) in [7, 11) is 0. The van der Waals surface area contributed by atoms with Crippen molar-refractivity contribution in [3.8, 4) is 29.3 Å². The van der Waals surface area contributed by atoms with Crippen LogP contribution in [0.2, 0.25) is 0 Å². The molecule has 0 atom stereocenters. The summed E-state index contributed by atoms with van der Waals surface area (Å²) < 4.78 is 0. The smallest absolute Gasteiger partial charge is 0.175 e. The zero-order valence-corrected chi connectivity index (χ0v) is 10.4. The molecule has 94 valence electrons. The first-order chi connectivity index (χ1) is 9.71. The van der Waals surface area contributed by atoms with E-state index in [2.05, 4.69) is 4.98 Å². The molecule has 20 heavy (non-hydrogen) atoms. The number of nitriles is 3. The molecule has 5 nitrogen and oxygen atoms in total. The van der Waals surface area contributed by atoms with Crippen molar-refractivity contribution < 1.29 is 0 Å². The maximum Gasteiger partial charge on any atom is 0.175 e. The molecule has 1 heterocycles. The van der Waals surface area contributed by atoms with Crippen LogP contribution in [0, 0.1) is 34.0 Å². The number of anilines is 1. The zero-order valence-electron chi connectivity index (χ0n) is 10.4. The number of rotatable bonds is 2. The molecule has 0 saturated carbocycles. The van der Waals surface area contributed by atoms with E-state index in [-0.39, 0.29) is 17.1 Å². The largest absolute Gasteiger partial charge is 0.383 e. The molecule has 2 rings (SSSR count). The van der Waals surface area contributed by atoms with Gasteiger partial charge in [-0.15, -0.1) is 0 Å². The maximum atomic E-state index is 9.20. The number of nitrogens with zero attached hydrogens (tertiary/aromatic N) is 4. The van der Waals surface area contributed by atoms with Gasteiger partial charge in [0.25, 0.3) is 0 Å². The Hall–Kier alpha value is -3.36. The van der Waals surface area contributed by atoms with Crippen molar-refractivity contribution >= 4 is 5.82 Å². The van der Waals surface area contributed by atoms with Gasteiger partial charge in [0.1, 0.15) is 17.5 Å². The molecule has 0 unspecified atom stereocenters. The second-order valence-electron chi connectivity index (χ2n) is 4.02. The third kappa shape index (κ3) is 2.27. The Morgan fingerprint density at radius 2 is 1.70 bits per heavy atom. The van der Waals surface area contributed by atoms with Crippen LogP contribution in [0.4, 0.5) is 5.82 Å². The van der Waals surface area contributed by atoms with Gasteiger partial charge in [-0.1, -0.05) is 30.3 Å². The SMILES string of the molecule is N#Cc1c(-c2ccccc2)cc(C(C#N)C#N)nc1N. The second-order valence-corrected chi connectivity index (χ2v) is 4.02. The van der Waals surface area contributed by atoms with Crippen molar-refractivity contribution in [3.05, 3.63) is 47.7 Å². The number of aromatic nitrogens is 1. The van der Waals surface area contributed by atoms with Crippen LogP contribution in [0.15, 0.2) is 36.4 Å². The van der Waals surface area contributed by atoms with Gasteiger partial charge in [0.15, 0.2) is 5.92 Å². The normalized spacial score (nSPS) is 9.50. The second kappa shape index (κ2) is 5.52. The minimum atomic E-state index is -1.01. The molecule has 0 aliphatic rings. The van der Waals surface area contributed by atoms with E-state index in [4.69, 9.17) is 16.3 Å². The number of hydrogen-bond acceptors (Lipinski definition) is 5. The predicted molar refractivity (Wildman–Crippen MR) is 72.8 cm³/mol. The minimum Gasteiger partial charge on any atom is -0.383 e. The Morgan fingerprint density at radius 3 is 2.25 bits per heavy atom. The Balaban J connectivity index is 2.71. The lowest BCUT2D eigenvalue weighted by molar-refractivity contribution is 1.02. The number of benzene rings is 1. The lowest BCUT2D eigenvalue weighted by atomic mass is 9.97. The number of pyridine rings is 1. The van der Waals surface area contributed by atoms with Crippen LogP contribution < -0.4 is 5.73 Å². The first-order valence-electron chi connectivity index (χ1n) is 5.76. The minimum absolute atomic E-state index is 0.0272. The average molecular weight is 259 g/mol. The number of hydrogen-bond donors (Lipinski definition) is 1. The van der Waals surface area contributed by atoms with Crippen molar-refractivity contribution in [2.24, 2.45) is 0 Å². The van der Waals surface area contributed by atoms with Crippen LogP contribution in [-0.2, 0) is 0 Å². The van der Waals surface area contributed by atoms with Gasteiger partial charge in [0, 0.05) is 5.56 Å². The maximum absolute atomic E-state index is 9.20. The van der Waals surface area contributed by atoms with Crippen molar-refractivity contribution in [3.63, 3.8) is 0 Å². The molecule has 0 saturated heterocycles. The fourth-order valence-electron chi connectivity index (χ4n) is 1.86.